The lowest BCUT2D eigenvalue weighted by Crippen LogP contribution is -2.37. The number of thiazole rings is 1. The van der Waals surface area contributed by atoms with Crippen LogP contribution in [-0.4, -0.2) is 46.5 Å². The maximum atomic E-state index is 11.7. The number of nitrogens with zero attached hydrogens (tertiary/aromatic N) is 2. The third-order valence-corrected chi connectivity index (χ3v) is 3.31. The summed E-state index contributed by atoms with van der Waals surface area (Å²) in [4.78, 5) is 27.9. The molecule has 0 bridgehead atoms. The Morgan fingerprint density at radius 3 is 2.61 bits per heavy atom. The molecule has 6 nitrogen and oxygen atoms in total. The first-order valence-corrected chi connectivity index (χ1v) is 6.62. The monoisotopic (exact) mass is 271 g/mol. The summed E-state index contributed by atoms with van der Waals surface area (Å²) in [5.74, 6) is -0.987. The molecule has 1 aromatic rings. The van der Waals surface area contributed by atoms with Gasteiger partial charge in [-0.05, 0) is 13.8 Å². The number of rotatable bonds is 7. The van der Waals surface area contributed by atoms with E-state index in [1.165, 1.54) is 0 Å². The number of nitrogens with one attached hydrogen (secondary N) is 1. The highest BCUT2D eigenvalue weighted by Gasteiger charge is 2.11. The van der Waals surface area contributed by atoms with Crippen molar-refractivity contribution >= 4 is 23.2 Å². The second kappa shape index (κ2) is 7.07. The van der Waals surface area contributed by atoms with Gasteiger partial charge in [0.1, 0.15) is 0 Å². The Bertz CT molecular complexity index is 415. The van der Waals surface area contributed by atoms with Crippen LogP contribution in [0.15, 0.2) is 5.38 Å². The molecule has 0 unspecified atom stereocenters. The Hall–Kier alpha value is -1.47. The molecule has 1 rings (SSSR count). The summed E-state index contributed by atoms with van der Waals surface area (Å²) in [6.07, 6.45) is 0. The first kappa shape index (κ1) is 14.6. The van der Waals surface area contributed by atoms with E-state index in [2.05, 4.69) is 10.3 Å². The Labute approximate surface area is 110 Å². The zero-order valence-corrected chi connectivity index (χ0v) is 11.3. The Morgan fingerprint density at radius 2 is 2.11 bits per heavy atom. The van der Waals surface area contributed by atoms with Crippen molar-refractivity contribution in [3.8, 4) is 0 Å². The van der Waals surface area contributed by atoms with Crippen LogP contribution in [0.2, 0.25) is 0 Å². The maximum Gasteiger partial charge on any atom is 0.365 e. The topological polar surface area (TPSA) is 82.5 Å². The summed E-state index contributed by atoms with van der Waals surface area (Å²) in [6.45, 7) is 5.88. The van der Waals surface area contributed by atoms with Crippen molar-refractivity contribution in [3.63, 3.8) is 0 Å². The average molecular weight is 271 g/mol. The molecule has 0 aromatic carbocycles. The molecular formula is C11H17N3O3S. The molecule has 0 spiro atoms. The van der Waals surface area contributed by atoms with Gasteiger partial charge in [-0.1, -0.05) is 0 Å². The summed E-state index contributed by atoms with van der Waals surface area (Å²) < 4.78 is 0. The fourth-order valence-electron chi connectivity index (χ4n) is 1.47. The van der Waals surface area contributed by atoms with Gasteiger partial charge in [-0.25, -0.2) is 9.78 Å². The fourth-order valence-corrected chi connectivity index (χ4v) is 2.13. The van der Waals surface area contributed by atoms with Crippen molar-refractivity contribution in [3.05, 3.63) is 16.1 Å². The second-order valence-electron chi connectivity index (χ2n) is 3.62. The van der Waals surface area contributed by atoms with Gasteiger partial charge in [-0.3, -0.25) is 4.79 Å². The number of amides is 1. The molecule has 7 heteroatoms. The number of hydrogen-bond acceptors (Lipinski definition) is 5. The Kier molecular flexibility index (Phi) is 5.73. The van der Waals surface area contributed by atoms with E-state index in [1.807, 2.05) is 13.8 Å². The largest absolute Gasteiger partial charge is 0.476 e. The van der Waals surface area contributed by atoms with Gasteiger partial charge in [0.15, 0.2) is 0 Å². The molecule has 0 aliphatic heterocycles. The quantitative estimate of drug-likeness (QED) is 0.766. The number of likely N-dealkylation sites (N-methyl/N-ethyl adjacent to an activating group) is 1. The highest BCUT2D eigenvalue weighted by atomic mass is 32.1. The molecule has 0 fully saturated rings. The van der Waals surface area contributed by atoms with Crippen LogP contribution < -0.4 is 5.32 Å². The van der Waals surface area contributed by atoms with Gasteiger partial charge in [0.25, 0.3) is 0 Å². The van der Waals surface area contributed by atoms with Gasteiger partial charge in [-0.2, -0.15) is 0 Å². The summed E-state index contributed by atoms with van der Waals surface area (Å²) >= 11 is 1.09. The predicted octanol–water partition coefficient (Wildman–Crippen LogP) is 0.799. The van der Waals surface area contributed by atoms with Crippen LogP contribution in [0.1, 0.15) is 29.3 Å². The molecule has 0 saturated heterocycles. The predicted molar refractivity (Wildman–Crippen MR) is 68.7 cm³/mol. The van der Waals surface area contributed by atoms with E-state index in [-0.39, 0.29) is 17.5 Å². The van der Waals surface area contributed by atoms with Gasteiger partial charge < -0.3 is 15.3 Å². The average Bonchev–Trinajstić information content (AvgIpc) is 2.79. The molecule has 1 amide bonds. The molecule has 0 atom stereocenters. The Morgan fingerprint density at radius 1 is 1.44 bits per heavy atom. The molecule has 18 heavy (non-hydrogen) atoms. The number of carboxylic acid groups (broad SMARTS) is 1. The smallest absolute Gasteiger partial charge is 0.365 e. The van der Waals surface area contributed by atoms with E-state index in [1.54, 1.807) is 10.3 Å². The minimum absolute atomic E-state index is 0.0358. The van der Waals surface area contributed by atoms with E-state index >= 15 is 0 Å². The third-order valence-electron chi connectivity index (χ3n) is 2.43. The summed E-state index contributed by atoms with van der Waals surface area (Å²) in [7, 11) is 0. The van der Waals surface area contributed by atoms with Crippen molar-refractivity contribution in [1.29, 1.82) is 0 Å². The zero-order valence-electron chi connectivity index (χ0n) is 10.5. The molecule has 100 valence electrons. The van der Waals surface area contributed by atoms with Gasteiger partial charge in [0.05, 0.1) is 12.2 Å². The standard InChI is InChI=1S/C11H17N3O3S/c1-3-14(4-2)9(15)6-12-5-8-7-18-10(13-8)11(16)17/h7,12H,3-6H2,1-2H3,(H,16,17). The Balaban J connectivity index is 2.37. The SMILES string of the molecule is CCN(CC)C(=O)CNCc1csc(C(=O)O)n1. The highest BCUT2D eigenvalue weighted by molar-refractivity contribution is 7.11. The molecule has 2 N–H and O–H groups in total. The summed E-state index contributed by atoms with van der Waals surface area (Å²) in [5.41, 5.74) is 0.643. The van der Waals surface area contributed by atoms with Gasteiger partial charge in [0.2, 0.25) is 10.9 Å². The second-order valence-corrected chi connectivity index (χ2v) is 4.48. The lowest BCUT2D eigenvalue weighted by molar-refractivity contribution is -0.129. The molecule has 1 heterocycles. The zero-order chi connectivity index (χ0) is 13.5. The van der Waals surface area contributed by atoms with Gasteiger partial charge >= 0.3 is 5.97 Å². The van der Waals surface area contributed by atoms with Crippen molar-refractivity contribution in [2.45, 2.75) is 20.4 Å². The maximum absolute atomic E-state index is 11.7. The van der Waals surface area contributed by atoms with Crippen LogP contribution in [0.5, 0.6) is 0 Å². The first-order chi connectivity index (χ1) is 8.58. The lowest BCUT2D eigenvalue weighted by atomic mass is 10.4. The fraction of sp³-hybridized carbons (Fsp3) is 0.545. The first-order valence-electron chi connectivity index (χ1n) is 5.74. The van der Waals surface area contributed by atoms with Gasteiger partial charge in [-0.15, -0.1) is 11.3 Å². The van der Waals surface area contributed by atoms with Crippen molar-refractivity contribution in [2.75, 3.05) is 19.6 Å². The summed E-state index contributed by atoms with van der Waals surface area (Å²) in [5, 5.41) is 13.4. The number of carbonyl (C=O) groups is 2. The third kappa shape index (κ3) is 4.08. The van der Waals surface area contributed by atoms with Crippen molar-refractivity contribution in [2.24, 2.45) is 0 Å². The normalized spacial score (nSPS) is 10.3. The summed E-state index contributed by atoms with van der Waals surface area (Å²) in [6, 6.07) is 0. The van der Waals surface area contributed by atoms with Crippen LogP contribution in [0.3, 0.4) is 0 Å². The van der Waals surface area contributed by atoms with Gasteiger partial charge in [0, 0.05) is 25.0 Å². The number of aromatic nitrogens is 1. The van der Waals surface area contributed by atoms with E-state index in [0.29, 0.717) is 25.3 Å². The number of carboxylic acids is 1. The number of hydrogen-bond donors (Lipinski definition) is 2. The highest BCUT2D eigenvalue weighted by Crippen LogP contribution is 2.09. The lowest BCUT2D eigenvalue weighted by Gasteiger charge is -2.18. The molecule has 0 aliphatic rings. The molecule has 1 aromatic heterocycles. The van der Waals surface area contributed by atoms with E-state index < -0.39 is 5.97 Å². The number of carbonyl (C=O) groups excluding carboxylic acids is 1. The van der Waals surface area contributed by atoms with Crippen LogP contribution in [-0.2, 0) is 11.3 Å². The number of aromatic carboxylic acids is 1. The molecule has 0 saturated carbocycles. The minimum atomic E-state index is -1.02. The molecular weight excluding hydrogens is 254 g/mol. The molecule has 0 radical (unpaired) electrons. The van der Waals surface area contributed by atoms with E-state index in [9.17, 15) is 9.59 Å². The van der Waals surface area contributed by atoms with Crippen molar-refractivity contribution < 1.29 is 14.7 Å². The van der Waals surface area contributed by atoms with Crippen LogP contribution in [0, 0.1) is 0 Å². The van der Waals surface area contributed by atoms with E-state index in [4.69, 9.17) is 5.11 Å². The minimum Gasteiger partial charge on any atom is -0.476 e. The van der Waals surface area contributed by atoms with E-state index in [0.717, 1.165) is 11.3 Å². The molecule has 0 aliphatic carbocycles. The van der Waals surface area contributed by atoms with Crippen LogP contribution >= 0.6 is 11.3 Å². The van der Waals surface area contributed by atoms with Crippen LogP contribution in [0.4, 0.5) is 0 Å². The van der Waals surface area contributed by atoms with Crippen molar-refractivity contribution in [1.82, 2.24) is 15.2 Å². The van der Waals surface area contributed by atoms with Crippen LogP contribution in [0.25, 0.3) is 0 Å².